The fraction of sp³-hybridized carbons (Fsp3) is 0.417. The number of carbonyl (C=O) groups is 1. The highest BCUT2D eigenvalue weighted by Crippen LogP contribution is 2.38. The molecule has 0 aliphatic carbocycles. The molecule has 12 heteroatoms. The number of nitrogens with zero attached hydrogens (tertiary/aromatic N) is 4. The first-order valence-corrected chi connectivity index (χ1v) is 12.2. The third-order valence-corrected chi connectivity index (χ3v) is 6.41. The van der Waals surface area contributed by atoms with Crippen LogP contribution in [0.4, 0.5) is 29.7 Å². The Morgan fingerprint density at radius 3 is 2.67 bits per heavy atom. The Hall–Kier alpha value is -3.25. The van der Waals surface area contributed by atoms with Gasteiger partial charge >= 0.3 is 12.1 Å². The molecule has 8 nitrogen and oxygen atoms in total. The average Bonchev–Trinajstić information content (AvgIpc) is 3.32. The van der Waals surface area contributed by atoms with Crippen LogP contribution < -0.4 is 10.2 Å². The van der Waals surface area contributed by atoms with Crippen LogP contribution in [0.3, 0.4) is 0 Å². The first kappa shape index (κ1) is 25.8. The number of hydrogen-bond donors (Lipinski definition) is 2. The number of carboxylic acid groups (broad SMARTS) is 1. The topological polar surface area (TPSA) is 100 Å². The second-order valence-electron chi connectivity index (χ2n) is 8.89. The van der Waals surface area contributed by atoms with E-state index < -0.39 is 18.0 Å². The van der Waals surface area contributed by atoms with Gasteiger partial charge in [0.1, 0.15) is 0 Å². The molecule has 192 valence electrons. The average molecular weight is 522 g/mol. The van der Waals surface area contributed by atoms with E-state index in [1.807, 2.05) is 12.1 Å². The van der Waals surface area contributed by atoms with Crippen molar-refractivity contribution in [1.82, 2.24) is 14.3 Å². The first-order chi connectivity index (χ1) is 17.1. The maximum absolute atomic E-state index is 13.1. The Kier molecular flexibility index (Phi) is 7.74. The molecule has 4 rings (SSSR count). The Morgan fingerprint density at radius 1 is 1.28 bits per heavy atom. The summed E-state index contributed by atoms with van der Waals surface area (Å²) in [5.41, 5.74) is 2.35. The number of halogens is 3. The Balaban J connectivity index is 1.81. The molecule has 2 N–H and O–H groups in total. The predicted molar refractivity (Wildman–Crippen MR) is 131 cm³/mol. The van der Waals surface area contributed by atoms with E-state index in [1.54, 1.807) is 12.1 Å². The van der Waals surface area contributed by atoms with Gasteiger partial charge in [0.25, 0.3) is 0 Å². The van der Waals surface area contributed by atoms with Gasteiger partial charge in [0.05, 0.1) is 16.9 Å². The molecule has 1 aliphatic rings. The molecule has 0 unspecified atom stereocenters. The number of ether oxygens (including phenoxy) is 1. The standard InChI is InChI=1S/C24H26F3N5O3S/c1-14(2)13-32(16-6-9-35-10-7-16)20-4-3-15(17-5-8-28-12-18(17)21(33)34)11-19(20)29-23-30-22(31-36-23)24(25,26)27/h3-5,8,11-12,14,16H,6-7,9-10,13H2,1-2H3,(H,33,34)(H,29,30,31). The van der Waals surface area contributed by atoms with Gasteiger partial charge in [-0.2, -0.15) is 22.5 Å². The van der Waals surface area contributed by atoms with Crippen molar-refractivity contribution in [3.63, 3.8) is 0 Å². The molecule has 0 amide bonds. The largest absolute Gasteiger partial charge is 0.478 e. The summed E-state index contributed by atoms with van der Waals surface area (Å²) in [6, 6.07) is 7.20. The number of hydrogen-bond acceptors (Lipinski definition) is 8. The summed E-state index contributed by atoms with van der Waals surface area (Å²) in [6.07, 6.45) is -0.250. The van der Waals surface area contributed by atoms with Crippen molar-refractivity contribution >= 4 is 34.0 Å². The van der Waals surface area contributed by atoms with Crippen LogP contribution in [0.25, 0.3) is 11.1 Å². The number of nitrogens with one attached hydrogen (secondary N) is 1. The summed E-state index contributed by atoms with van der Waals surface area (Å²) in [4.78, 5) is 21.6. The summed E-state index contributed by atoms with van der Waals surface area (Å²) in [5, 5.41) is 12.6. The minimum absolute atomic E-state index is 0.00890. The zero-order valence-corrected chi connectivity index (χ0v) is 20.6. The van der Waals surface area contributed by atoms with Gasteiger partial charge in [-0.15, -0.1) is 0 Å². The third kappa shape index (κ3) is 5.93. The van der Waals surface area contributed by atoms with Gasteiger partial charge in [-0.25, -0.2) is 4.79 Å². The molecule has 0 saturated carbocycles. The van der Waals surface area contributed by atoms with E-state index in [0.29, 0.717) is 47.5 Å². The van der Waals surface area contributed by atoms with Crippen LogP contribution in [-0.4, -0.2) is 51.2 Å². The second kappa shape index (κ2) is 10.8. The van der Waals surface area contributed by atoms with E-state index in [-0.39, 0.29) is 16.7 Å². The highest BCUT2D eigenvalue weighted by Gasteiger charge is 2.36. The van der Waals surface area contributed by atoms with Gasteiger partial charge < -0.3 is 20.1 Å². The van der Waals surface area contributed by atoms with Gasteiger partial charge in [-0.3, -0.25) is 4.98 Å². The number of anilines is 3. The molecular weight excluding hydrogens is 495 g/mol. The van der Waals surface area contributed by atoms with Crippen LogP contribution in [0.1, 0.15) is 42.9 Å². The van der Waals surface area contributed by atoms with Crippen LogP contribution in [0.2, 0.25) is 0 Å². The van der Waals surface area contributed by atoms with Gasteiger partial charge in [0, 0.05) is 49.7 Å². The molecular formula is C24H26F3N5O3S. The third-order valence-electron chi connectivity index (χ3n) is 5.78. The number of aromatic carboxylic acids is 1. The summed E-state index contributed by atoms with van der Waals surface area (Å²) in [7, 11) is 0. The fourth-order valence-corrected chi connectivity index (χ4v) is 4.81. The minimum atomic E-state index is -4.65. The van der Waals surface area contributed by atoms with Crippen molar-refractivity contribution < 1.29 is 27.8 Å². The van der Waals surface area contributed by atoms with E-state index >= 15 is 0 Å². The molecule has 0 spiro atoms. The number of pyridine rings is 1. The van der Waals surface area contributed by atoms with Gasteiger partial charge in [-0.05, 0) is 48.1 Å². The monoisotopic (exact) mass is 521 g/mol. The summed E-state index contributed by atoms with van der Waals surface area (Å²) < 4.78 is 48.3. The SMILES string of the molecule is CC(C)CN(c1ccc(-c2ccncc2C(=O)O)cc1Nc1nc(C(F)(F)F)ns1)C1CCOCC1. The molecule has 2 aromatic heterocycles. The molecule has 1 fully saturated rings. The van der Waals surface area contributed by atoms with Crippen molar-refractivity contribution in [1.29, 1.82) is 0 Å². The lowest BCUT2D eigenvalue weighted by atomic mass is 9.98. The highest BCUT2D eigenvalue weighted by atomic mass is 32.1. The number of aromatic nitrogens is 3. The Labute approximate surface area is 210 Å². The van der Waals surface area contributed by atoms with Crippen molar-refractivity contribution in [2.45, 2.75) is 38.9 Å². The maximum Gasteiger partial charge on any atom is 0.452 e. The number of rotatable bonds is 8. The van der Waals surface area contributed by atoms with Crippen molar-refractivity contribution in [2.75, 3.05) is 30.0 Å². The van der Waals surface area contributed by atoms with Crippen LogP contribution in [-0.2, 0) is 10.9 Å². The quantitative estimate of drug-likeness (QED) is 0.389. The van der Waals surface area contributed by atoms with Crippen LogP contribution in [0.15, 0.2) is 36.7 Å². The van der Waals surface area contributed by atoms with E-state index in [4.69, 9.17) is 4.74 Å². The zero-order valence-electron chi connectivity index (χ0n) is 19.7. The van der Waals surface area contributed by atoms with Gasteiger partial charge in [0.2, 0.25) is 11.0 Å². The van der Waals surface area contributed by atoms with E-state index in [2.05, 4.69) is 38.4 Å². The summed E-state index contributed by atoms with van der Waals surface area (Å²) in [5.74, 6) is -2.02. The Bertz CT molecular complexity index is 1210. The summed E-state index contributed by atoms with van der Waals surface area (Å²) in [6.45, 7) is 6.18. The molecule has 36 heavy (non-hydrogen) atoms. The van der Waals surface area contributed by atoms with Crippen molar-refractivity contribution in [2.24, 2.45) is 5.92 Å². The van der Waals surface area contributed by atoms with E-state index in [9.17, 15) is 23.1 Å². The normalized spacial score (nSPS) is 14.7. The lowest BCUT2D eigenvalue weighted by Crippen LogP contribution is -2.42. The maximum atomic E-state index is 13.1. The molecule has 1 saturated heterocycles. The molecule has 0 radical (unpaired) electrons. The predicted octanol–water partition coefficient (Wildman–Crippen LogP) is 5.70. The molecule has 1 aliphatic heterocycles. The van der Waals surface area contributed by atoms with Crippen LogP contribution in [0, 0.1) is 5.92 Å². The molecule has 1 aromatic carbocycles. The van der Waals surface area contributed by atoms with Gasteiger partial charge in [0.15, 0.2) is 0 Å². The molecule has 3 aromatic rings. The number of carboxylic acids is 1. The second-order valence-corrected chi connectivity index (χ2v) is 9.65. The molecule has 3 heterocycles. The lowest BCUT2D eigenvalue weighted by molar-refractivity contribution is -0.144. The van der Waals surface area contributed by atoms with E-state index in [0.717, 1.165) is 25.1 Å². The number of benzene rings is 1. The Morgan fingerprint density at radius 2 is 2.03 bits per heavy atom. The molecule has 0 bridgehead atoms. The van der Waals surface area contributed by atoms with Crippen LogP contribution >= 0.6 is 11.5 Å². The molecule has 0 atom stereocenters. The summed E-state index contributed by atoms with van der Waals surface area (Å²) >= 11 is 0.616. The number of alkyl halides is 3. The first-order valence-electron chi connectivity index (χ1n) is 11.5. The lowest BCUT2D eigenvalue weighted by Gasteiger charge is -2.38. The fourth-order valence-electron chi connectivity index (χ4n) is 4.21. The van der Waals surface area contributed by atoms with Gasteiger partial charge in [-0.1, -0.05) is 19.9 Å². The smallest absolute Gasteiger partial charge is 0.452 e. The van der Waals surface area contributed by atoms with Crippen molar-refractivity contribution in [3.8, 4) is 11.1 Å². The van der Waals surface area contributed by atoms with E-state index in [1.165, 1.54) is 12.4 Å². The van der Waals surface area contributed by atoms with Crippen LogP contribution in [0.5, 0.6) is 0 Å². The zero-order chi connectivity index (χ0) is 25.9. The van der Waals surface area contributed by atoms with Crippen molar-refractivity contribution in [3.05, 3.63) is 48.0 Å². The minimum Gasteiger partial charge on any atom is -0.478 e. The highest BCUT2D eigenvalue weighted by molar-refractivity contribution is 7.09.